The molecule has 0 unspecified atom stereocenters. The zero-order valence-corrected chi connectivity index (χ0v) is 9.83. The van der Waals surface area contributed by atoms with Gasteiger partial charge < -0.3 is 4.74 Å². The van der Waals surface area contributed by atoms with Crippen LogP contribution in [0.1, 0.15) is 17.5 Å². The molecule has 1 heterocycles. The fourth-order valence-corrected chi connectivity index (χ4v) is 2.60. The largest absolute Gasteiger partial charge is 0.386 e. The van der Waals surface area contributed by atoms with E-state index in [0.717, 1.165) is 22.0 Å². The first-order valence-electron chi connectivity index (χ1n) is 4.95. The van der Waals surface area contributed by atoms with Gasteiger partial charge in [-0.05, 0) is 36.1 Å². The number of fused-ring (bicyclic) bond motifs is 2. The van der Waals surface area contributed by atoms with Crippen LogP contribution in [-0.4, -0.2) is 11.9 Å². The van der Waals surface area contributed by atoms with E-state index in [0.29, 0.717) is 17.6 Å². The molecule has 0 aromatic heterocycles. The highest BCUT2D eigenvalue weighted by Crippen LogP contribution is 2.37. The molecule has 1 aromatic carbocycles. The summed E-state index contributed by atoms with van der Waals surface area (Å²) in [5, 5.41) is 0. The first-order chi connectivity index (χ1) is 7.66. The minimum Gasteiger partial charge on any atom is -0.386 e. The van der Waals surface area contributed by atoms with Crippen LogP contribution >= 0.6 is 15.9 Å². The molecule has 1 aromatic rings. The second-order valence-electron chi connectivity index (χ2n) is 3.83. The number of cyclic esters (lactones) is 2. The van der Waals surface area contributed by atoms with Crippen molar-refractivity contribution in [2.45, 2.75) is 12.8 Å². The van der Waals surface area contributed by atoms with E-state index in [4.69, 9.17) is 0 Å². The lowest BCUT2D eigenvalue weighted by Gasteiger charge is -2.15. The number of hydrogen-bond acceptors (Lipinski definition) is 3. The molecule has 0 atom stereocenters. The topological polar surface area (TPSA) is 43.4 Å². The molecule has 0 bridgehead atoms. The number of ether oxygens (including phenoxy) is 1. The lowest BCUT2D eigenvalue weighted by atomic mass is 9.87. The average Bonchev–Trinajstić information content (AvgIpc) is 2.54. The van der Waals surface area contributed by atoms with Gasteiger partial charge in [0, 0.05) is 4.47 Å². The summed E-state index contributed by atoms with van der Waals surface area (Å²) in [5.74, 6) is -0.989. The third-order valence-corrected chi connectivity index (χ3v) is 3.41. The molecule has 3 nitrogen and oxygen atoms in total. The average molecular weight is 279 g/mol. The Morgan fingerprint density at radius 1 is 1.12 bits per heavy atom. The van der Waals surface area contributed by atoms with Crippen molar-refractivity contribution in [1.29, 1.82) is 0 Å². The normalized spacial score (nSPS) is 18.3. The lowest BCUT2D eigenvalue weighted by Crippen LogP contribution is -2.06. The van der Waals surface area contributed by atoms with Crippen molar-refractivity contribution in [2.24, 2.45) is 0 Å². The van der Waals surface area contributed by atoms with E-state index in [-0.39, 0.29) is 0 Å². The highest BCUT2D eigenvalue weighted by Gasteiger charge is 2.36. The second kappa shape index (κ2) is 3.28. The molecule has 0 fully saturated rings. The van der Waals surface area contributed by atoms with Crippen molar-refractivity contribution in [2.75, 3.05) is 0 Å². The molecule has 0 N–H and O–H groups in total. The molecule has 0 saturated heterocycles. The Balaban J connectivity index is 2.24. The van der Waals surface area contributed by atoms with E-state index >= 15 is 0 Å². The predicted octanol–water partition coefficient (Wildman–Crippen LogP) is 2.23. The monoisotopic (exact) mass is 278 g/mol. The quantitative estimate of drug-likeness (QED) is 0.540. The zero-order valence-electron chi connectivity index (χ0n) is 8.25. The van der Waals surface area contributed by atoms with Crippen LogP contribution < -0.4 is 0 Å². The van der Waals surface area contributed by atoms with Gasteiger partial charge in [0.1, 0.15) is 0 Å². The summed E-state index contributed by atoms with van der Waals surface area (Å²) < 4.78 is 5.61. The summed E-state index contributed by atoms with van der Waals surface area (Å²) in [7, 11) is 0. The number of halogens is 1. The molecule has 1 aliphatic heterocycles. The Labute approximate surface area is 100 Å². The van der Waals surface area contributed by atoms with E-state index in [1.165, 1.54) is 0 Å². The Morgan fingerprint density at radius 2 is 1.94 bits per heavy atom. The summed E-state index contributed by atoms with van der Waals surface area (Å²) in [4.78, 5) is 22.9. The van der Waals surface area contributed by atoms with Gasteiger partial charge in [0.25, 0.3) is 0 Å². The standard InChI is InChI=1S/C12H7BrO3/c13-7-2-4-8-6(5-7)1-3-9-10(8)12(15)16-11(9)14/h2,4-5H,1,3H2. The number of esters is 2. The van der Waals surface area contributed by atoms with Gasteiger partial charge >= 0.3 is 11.9 Å². The third kappa shape index (κ3) is 1.26. The number of hydrogen-bond donors (Lipinski definition) is 0. The second-order valence-corrected chi connectivity index (χ2v) is 4.75. The minimum atomic E-state index is -0.511. The summed E-state index contributed by atoms with van der Waals surface area (Å²) in [6.45, 7) is 0. The molecule has 16 heavy (non-hydrogen) atoms. The molecule has 1 aliphatic carbocycles. The van der Waals surface area contributed by atoms with Crippen LogP contribution in [0.15, 0.2) is 28.2 Å². The lowest BCUT2D eigenvalue weighted by molar-refractivity contribution is -0.150. The molecule has 0 amide bonds. The fourth-order valence-electron chi connectivity index (χ4n) is 2.19. The number of aryl methyl sites for hydroxylation is 1. The van der Waals surface area contributed by atoms with Gasteiger partial charge in [0.2, 0.25) is 0 Å². The Bertz CT molecular complexity index is 557. The first-order valence-corrected chi connectivity index (χ1v) is 5.74. The van der Waals surface area contributed by atoms with E-state index in [1.807, 2.05) is 18.2 Å². The van der Waals surface area contributed by atoms with Crippen molar-refractivity contribution in [3.05, 3.63) is 39.4 Å². The van der Waals surface area contributed by atoms with Crippen LogP contribution in [-0.2, 0) is 20.7 Å². The summed E-state index contributed by atoms with van der Waals surface area (Å²) in [5.41, 5.74) is 2.90. The fraction of sp³-hybridized carbons (Fsp3) is 0.167. The van der Waals surface area contributed by atoms with Crippen LogP contribution in [0.4, 0.5) is 0 Å². The molecule has 4 heteroatoms. The zero-order chi connectivity index (χ0) is 11.3. The highest BCUT2D eigenvalue weighted by molar-refractivity contribution is 9.10. The molecule has 3 rings (SSSR count). The van der Waals surface area contributed by atoms with Gasteiger partial charge in [0.15, 0.2) is 0 Å². The Kier molecular flexibility index (Phi) is 2.01. The van der Waals surface area contributed by atoms with Gasteiger partial charge in [-0.15, -0.1) is 0 Å². The maximum atomic E-state index is 11.6. The Morgan fingerprint density at radius 3 is 2.75 bits per heavy atom. The first kappa shape index (κ1) is 9.78. The minimum absolute atomic E-state index is 0.457. The van der Waals surface area contributed by atoms with Gasteiger partial charge in [-0.2, -0.15) is 0 Å². The van der Waals surface area contributed by atoms with E-state index in [2.05, 4.69) is 20.7 Å². The molecule has 0 saturated carbocycles. The predicted molar refractivity (Wildman–Crippen MR) is 60.5 cm³/mol. The number of rotatable bonds is 0. The van der Waals surface area contributed by atoms with Crippen molar-refractivity contribution >= 4 is 33.4 Å². The van der Waals surface area contributed by atoms with Crippen LogP contribution in [0.2, 0.25) is 0 Å². The SMILES string of the molecule is O=C1OC(=O)C2=C1CCc1cc(Br)ccc12. The maximum absolute atomic E-state index is 11.6. The van der Waals surface area contributed by atoms with E-state index in [9.17, 15) is 9.59 Å². The van der Waals surface area contributed by atoms with Crippen molar-refractivity contribution in [3.63, 3.8) is 0 Å². The molecule has 0 spiro atoms. The van der Waals surface area contributed by atoms with Crippen LogP contribution in [0.25, 0.3) is 5.57 Å². The van der Waals surface area contributed by atoms with Crippen molar-refractivity contribution < 1.29 is 14.3 Å². The molecular weight excluding hydrogens is 272 g/mol. The van der Waals surface area contributed by atoms with Crippen molar-refractivity contribution in [3.8, 4) is 0 Å². The van der Waals surface area contributed by atoms with Crippen LogP contribution in [0.3, 0.4) is 0 Å². The summed E-state index contributed by atoms with van der Waals surface area (Å²) in [6.07, 6.45) is 1.36. The molecule has 80 valence electrons. The van der Waals surface area contributed by atoms with Gasteiger partial charge in [0.05, 0.1) is 11.1 Å². The van der Waals surface area contributed by atoms with Crippen LogP contribution in [0, 0.1) is 0 Å². The molecule has 2 aliphatic rings. The Hall–Kier alpha value is -1.42. The number of carbonyl (C=O) groups excluding carboxylic acids is 2. The van der Waals surface area contributed by atoms with E-state index < -0.39 is 11.9 Å². The molecule has 0 radical (unpaired) electrons. The summed E-state index contributed by atoms with van der Waals surface area (Å²) in [6, 6.07) is 5.70. The van der Waals surface area contributed by atoms with E-state index in [1.54, 1.807) is 0 Å². The van der Waals surface area contributed by atoms with Gasteiger partial charge in [-0.1, -0.05) is 22.0 Å². The van der Waals surface area contributed by atoms with Crippen molar-refractivity contribution in [1.82, 2.24) is 0 Å². The number of carbonyl (C=O) groups is 2. The van der Waals surface area contributed by atoms with Gasteiger partial charge in [-0.3, -0.25) is 0 Å². The number of benzene rings is 1. The van der Waals surface area contributed by atoms with Crippen LogP contribution in [0.5, 0.6) is 0 Å². The molecular formula is C12H7BrO3. The third-order valence-electron chi connectivity index (χ3n) is 2.92. The maximum Gasteiger partial charge on any atom is 0.347 e. The highest BCUT2D eigenvalue weighted by atomic mass is 79.9. The van der Waals surface area contributed by atoms with Gasteiger partial charge in [-0.25, -0.2) is 9.59 Å². The summed E-state index contributed by atoms with van der Waals surface area (Å²) >= 11 is 3.39. The smallest absolute Gasteiger partial charge is 0.347 e.